The van der Waals surface area contributed by atoms with Crippen LogP contribution in [0.1, 0.15) is 11.3 Å². The van der Waals surface area contributed by atoms with Crippen LogP contribution in [0.5, 0.6) is 11.7 Å². The second kappa shape index (κ2) is 6.60. The van der Waals surface area contributed by atoms with E-state index in [2.05, 4.69) is 5.16 Å². The standard InChI is InChI=1S/C15H17NO5/c1-17-8-12-6-15(21-16-12)20-7-11-4-2-3-5-14(11)19-10-13-9-18-13/h2-6,13H,7-10H2,1H3. The number of hydrogen-bond donors (Lipinski definition) is 0. The predicted octanol–water partition coefficient (Wildman–Crippen LogP) is 2.18. The lowest BCUT2D eigenvalue weighted by Gasteiger charge is -2.10. The van der Waals surface area contributed by atoms with E-state index in [-0.39, 0.29) is 6.10 Å². The number of hydrogen-bond acceptors (Lipinski definition) is 6. The molecule has 1 aromatic heterocycles. The smallest absolute Gasteiger partial charge is 0.311 e. The highest BCUT2D eigenvalue weighted by molar-refractivity contribution is 5.33. The summed E-state index contributed by atoms with van der Waals surface area (Å²) in [6, 6.07) is 9.45. The maximum absolute atomic E-state index is 5.72. The van der Waals surface area contributed by atoms with E-state index in [1.807, 2.05) is 24.3 Å². The third-order valence-electron chi connectivity index (χ3n) is 3.00. The number of benzene rings is 1. The minimum Gasteiger partial charge on any atom is -0.490 e. The van der Waals surface area contributed by atoms with Crippen molar-refractivity contribution in [2.45, 2.75) is 19.3 Å². The molecule has 1 fully saturated rings. The molecule has 0 radical (unpaired) electrons. The summed E-state index contributed by atoms with van der Waals surface area (Å²) in [6.07, 6.45) is 0.227. The van der Waals surface area contributed by atoms with Crippen LogP contribution >= 0.6 is 0 Å². The van der Waals surface area contributed by atoms with Crippen LogP contribution < -0.4 is 9.47 Å². The van der Waals surface area contributed by atoms with Gasteiger partial charge in [-0.3, -0.25) is 0 Å². The highest BCUT2D eigenvalue weighted by Gasteiger charge is 2.23. The van der Waals surface area contributed by atoms with Gasteiger partial charge in [-0.1, -0.05) is 23.4 Å². The van der Waals surface area contributed by atoms with Gasteiger partial charge in [-0.2, -0.15) is 0 Å². The topological polar surface area (TPSA) is 66.2 Å². The van der Waals surface area contributed by atoms with Gasteiger partial charge in [0.15, 0.2) is 0 Å². The number of nitrogens with zero attached hydrogens (tertiary/aromatic N) is 1. The van der Waals surface area contributed by atoms with E-state index in [0.717, 1.165) is 17.9 Å². The Morgan fingerprint density at radius 3 is 2.90 bits per heavy atom. The molecule has 1 saturated heterocycles. The minimum atomic E-state index is 0.227. The maximum atomic E-state index is 5.72. The van der Waals surface area contributed by atoms with Crippen molar-refractivity contribution >= 4 is 0 Å². The summed E-state index contributed by atoms with van der Waals surface area (Å²) in [5.74, 6) is 1.16. The van der Waals surface area contributed by atoms with Crippen molar-refractivity contribution < 1.29 is 23.5 Å². The lowest BCUT2D eigenvalue weighted by Crippen LogP contribution is -2.07. The molecule has 0 N–H and O–H groups in total. The van der Waals surface area contributed by atoms with Crippen molar-refractivity contribution in [1.29, 1.82) is 0 Å². The normalized spacial score (nSPS) is 16.7. The van der Waals surface area contributed by atoms with Crippen molar-refractivity contribution in [3.05, 3.63) is 41.6 Å². The van der Waals surface area contributed by atoms with Gasteiger partial charge in [0.25, 0.3) is 0 Å². The van der Waals surface area contributed by atoms with E-state index < -0.39 is 0 Å². The van der Waals surface area contributed by atoms with E-state index in [0.29, 0.717) is 31.5 Å². The minimum absolute atomic E-state index is 0.227. The van der Waals surface area contributed by atoms with Crippen molar-refractivity contribution in [3.63, 3.8) is 0 Å². The summed E-state index contributed by atoms with van der Waals surface area (Å²) in [7, 11) is 1.60. The number of methoxy groups -OCH3 is 1. The van der Waals surface area contributed by atoms with Gasteiger partial charge >= 0.3 is 5.95 Å². The summed E-state index contributed by atoms with van der Waals surface area (Å²) >= 11 is 0. The van der Waals surface area contributed by atoms with Gasteiger partial charge in [0.05, 0.1) is 13.2 Å². The molecule has 0 amide bonds. The second-order valence-corrected chi connectivity index (χ2v) is 4.73. The summed E-state index contributed by atoms with van der Waals surface area (Å²) in [5.41, 5.74) is 1.64. The van der Waals surface area contributed by atoms with Gasteiger partial charge in [0, 0.05) is 18.7 Å². The van der Waals surface area contributed by atoms with Crippen LogP contribution in [0, 0.1) is 0 Å². The molecule has 1 aliphatic rings. The molecule has 21 heavy (non-hydrogen) atoms. The Bertz CT molecular complexity index is 579. The van der Waals surface area contributed by atoms with E-state index in [1.54, 1.807) is 13.2 Å². The Morgan fingerprint density at radius 1 is 1.24 bits per heavy atom. The molecule has 0 aliphatic carbocycles. The summed E-state index contributed by atoms with van der Waals surface area (Å²) < 4.78 is 26.5. The molecule has 3 rings (SSSR count). The SMILES string of the molecule is COCc1cc(OCc2ccccc2OCC2CO2)on1. The molecule has 1 atom stereocenters. The Balaban J connectivity index is 1.58. The molecule has 6 nitrogen and oxygen atoms in total. The molecule has 1 aliphatic heterocycles. The zero-order valence-electron chi connectivity index (χ0n) is 11.8. The Morgan fingerprint density at radius 2 is 2.10 bits per heavy atom. The van der Waals surface area contributed by atoms with Crippen molar-refractivity contribution in [2.75, 3.05) is 20.3 Å². The number of ether oxygens (including phenoxy) is 4. The Labute approximate surface area is 122 Å². The molecular weight excluding hydrogens is 274 g/mol. The van der Waals surface area contributed by atoms with Crippen molar-refractivity contribution in [2.24, 2.45) is 0 Å². The molecule has 1 unspecified atom stereocenters. The fourth-order valence-electron chi connectivity index (χ4n) is 1.84. The first-order valence-electron chi connectivity index (χ1n) is 6.75. The van der Waals surface area contributed by atoms with Gasteiger partial charge in [-0.25, -0.2) is 0 Å². The van der Waals surface area contributed by atoms with Crippen LogP contribution in [0.25, 0.3) is 0 Å². The zero-order valence-corrected chi connectivity index (χ0v) is 11.8. The third-order valence-corrected chi connectivity index (χ3v) is 3.00. The van der Waals surface area contributed by atoms with Crippen LogP contribution in [0.3, 0.4) is 0 Å². The number of aromatic nitrogens is 1. The zero-order chi connectivity index (χ0) is 14.5. The molecule has 2 aromatic rings. The van der Waals surface area contributed by atoms with Gasteiger partial charge in [0.2, 0.25) is 0 Å². The maximum Gasteiger partial charge on any atom is 0.311 e. The van der Waals surface area contributed by atoms with Gasteiger partial charge in [0.1, 0.15) is 30.8 Å². The van der Waals surface area contributed by atoms with Gasteiger partial charge < -0.3 is 23.5 Å². The van der Waals surface area contributed by atoms with Crippen molar-refractivity contribution in [1.82, 2.24) is 5.16 Å². The molecule has 0 saturated carbocycles. The fourth-order valence-corrected chi connectivity index (χ4v) is 1.84. The van der Waals surface area contributed by atoms with E-state index in [9.17, 15) is 0 Å². The highest BCUT2D eigenvalue weighted by atomic mass is 16.6. The molecule has 2 heterocycles. The monoisotopic (exact) mass is 291 g/mol. The van der Waals surface area contributed by atoms with E-state index >= 15 is 0 Å². The van der Waals surface area contributed by atoms with Crippen LogP contribution in [0.4, 0.5) is 0 Å². The van der Waals surface area contributed by atoms with Gasteiger partial charge in [-0.15, -0.1) is 0 Å². The summed E-state index contributed by atoms with van der Waals surface area (Å²) in [4.78, 5) is 0. The Hall–Kier alpha value is -2.05. The van der Waals surface area contributed by atoms with Crippen LogP contribution in [-0.2, 0) is 22.7 Å². The first-order chi connectivity index (χ1) is 10.3. The lowest BCUT2D eigenvalue weighted by atomic mass is 10.2. The second-order valence-electron chi connectivity index (χ2n) is 4.73. The van der Waals surface area contributed by atoms with Crippen molar-refractivity contribution in [3.8, 4) is 11.7 Å². The molecule has 112 valence electrons. The van der Waals surface area contributed by atoms with E-state index in [1.165, 1.54) is 0 Å². The average molecular weight is 291 g/mol. The van der Waals surface area contributed by atoms with E-state index in [4.69, 9.17) is 23.5 Å². The first-order valence-corrected chi connectivity index (χ1v) is 6.75. The summed E-state index contributed by atoms with van der Waals surface area (Å²) in [5, 5.41) is 3.84. The average Bonchev–Trinajstić information content (AvgIpc) is 3.23. The number of para-hydroxylation sites is 1. The fraction of sp³-hybridized carbons (Fsp3) is 0.400. The quantitative estimate of drug-likeness (QED) is 0.694. The van der Waals surface area contributed by atoms with Gasteiger partial charge in [-0.05, 0) is 6.07 Å². The number of rotatable bonds is 8. The van der Waals surface area contributed by atoms with Crippen LogP contribution in [-0.4, -0.2) is 31.6 Å². The predicted molar refractivity (Wildman–Crippen MR) is 73.2 cm³/mol. The molecule has 0 spiro atoms. The third kappa shape index (κ3) is 3.96. The first kappa shape index (κ1) is 13.9. The molecule has 6 heteroatoms. The van der Waals surface area contributed by atoms with Crippen LogP contribution in [0.2, 0.25) is 0 Å². The van der Waals surface area contributed by atoms with Crippen LogP contribution in [0.15, 0.2) is 34.9 Å². The number of epoxide rings is 1. The highest BCUT2D eigenvalue weighted by Crippen LogP contribution is 2.22. The molecular formula is C15H17NO5. The lowest BCUT2D eigenvalue weighted by molar-refractivity contribution is 0.172. The molecule has 0 bridgehead atoms. The Kier molecular flexibility index (Phi) is 4.37. The summed E-state index contributed by atoms with van der Waals surface area (Å²) in [6.45, 7) is 2.09. The largest absolute Gasteiger partial charge is 0.490 e. The molecule has 1 aromatic carbocycles.